The first-order valence-electron chi connectivity index (χ1n) is 25.1. The molecule has 7 atom stereocenters. The summed E-state index contributed by atoms with van der Waals surface area (Å²) in [4.78, 5) is 141. The zero-order chi connectivity index (χ0) is 57.1. The minimum absolute atomic E-state index is 0.00640. The van der Waals surface area contributed by atoms with Crippen LogP contribution in [0.5, 0.6) is 11.5 Å². The number of aliphatic carboxylic acids is 1. The van der Waals surface area contributed by atoms with Crippen LogP contribution in [0.15, 0.2) is 83.9 Å². The summed E-state index contributed by atoms with van der Waals surface area (Å²) in [6.45, 7) is -1.33. The summed E-state index contributed by atoms with van der Waals surface area (Å²) in [5.41, 5.74) is 18.1. The van der Waals surface area contributed by atoms with Gasteiger partial charge in [-0.15, -0.1) is 0 Å². The van der Waals surface area contributed by atoms with E-state index in [1.54, 1.807) is 30.3 Å². The molecule has 0 aliphatic carbocycles. The van der Waals surface area contributed by atoms with Crippen LogP contribution in [-0.2, 0) is 67.2 Å². The zero-order valence-electron chi connectivity index (χ0n) is 42.7. The number of carboxylic acid groups (broad SMARTS) is 1. The standard InChI is InChI=1S/C51H69N13O13S/c52-21-5-4-9-35-47(74)64-40(28-78)50(77)63-39(25-31-13-17-33(66)18-14-31)49(76)62-38(24-30-11-15-32(65)16-12-30)48(75)61-37(23-29-7-2-1-3-8-29)45(72)57-27-42(68)59-36(19-20-43(69)70)44(71)56-26-41(67)58-34(46(73)60-35)10-6-22-55-51(53)54/h1-3,7-8,11-18,34-40,65-66,78H,4-6,9-10,19-28,52H2,(H,56,71)(H,57,72)(H,58,67)(H,59,68)(H,60,73)(H,61,75)(H,62,76)(H,63,77)(H,64,74)(H,69,70)(H4,53,54,55)/t34-,35-,36-,37-,38-,39-,40-/m0/s1. The van der Waals surface area contributed by atoms with Crippen LogP contribution in [-0.4, -0.2) is 155 Å². The molecule has 0 bridgehead atoms. The number of carbonyl (C=O) groups excluding carboxylic acids is 9. The van der Waals surface area contributed by atoms with Gasteiger partial charge >= 0.3 is 5.97 Å². The number of phenols is 2. The van der Waals surface area contributed by atoms with E-state index < -0.39 is 127 Å². The number of benzene rings is 3. The molecule has 3 aromatic carbocycles. The maximum Gasteiger partial charge on any atom is 0.303 e. The molecule has 0 unspecified atom stereocenters. The van der Waals surface area contributed by atoms with Gasteiger partial charge in [0.2, 0.25) is 53.2 Å². The van der Waals surface area contributed by atoms with Crippen molar-refractivity contribution < 1.29 is 63.3 Å². The lowest BCUT2D eigenvalue weighted by Gasteiger charge is -2.27. The molecule has 0 spiro atoms. The van der Waals surface area contributed by atoms with Crippen LogP contribution in [0.4, 0.5) is 0 Å². The van der Waals surface area contributed by atoms with E-state index in [1.165, 1.54) is 48.5 Å². The van der Waals surface area contributed by atoms with E-state index in [4.69, 9.17) is 17.2 Å². The van der Waals surface area contributed by atoms with E-state index in [0.29, 0.717) is 29.5 Å². The summed E-state index contributed by atoms with van der Waals surface area (Å²) in [6.07, 6.45) is -0.929. The number of hydrogen-bond acceptors (Lipinski definition) is 15. The molecule has 27 heteroatoms. The van der Waals surface area contributed by atoms with E-state index in [-0.39, 0.29) is 74.8 Å². The number of nitrogens with two attached hydrogens (primary N) is 3. The van der Waals surface area contributed by atoms with Gasteiger partial charge in [-0.3, -0.25) is 52.9 Å². The second-order valence-electron chi connectivity index (χ2n) is 18.3. The Morgan fingerprint density at radius 3 is 1.35 bits per heavy atom. The van der Waals surface area contributed by atoms with Crippen LogP contribution in [0.2, 0.25) is 0 Å². The number of nitrogens with one attached hydrogen (secondary N) is 9. The normalized spacial score (nSPS) is 21.8. The van der Waals surface area contributed by atoms with Gasteiger partial charge in [0, 0.05) is 38.0 Å². The Bertz CT molecular complexity index is 2570. The van der Waals surface area contributed by atoms with Gasteiger partial charge < -0.3 is 80.4 Å². The number of rotatable bonds is 18. The Kier molecular flexibility index (Phi) is 25.6. The third-order valence-electron chi connectivity index (χ3n) is 12.1. The minimum atomic E-state index is -1.56. The van der Waals surface area contributed by atoms with Gasteiger partial charge in [-0.05, 0) is 86.0 Å². The van der Waals surface area contributed by atoms with Crippen molar-refractivity contribution in [3.8, 4) is 11.5 Å². The average molecular weight is 1100 g/mol. The van der Waals surface area contributed by atoms with Crippen LogP contribution >= 0.6 is 12.6 Å². The molecule has 3 aromatic rings. The smallest absolute Gasteiger partial charge is 0.303 e. The summed E-state index contributed by atoms with van der Waals surface area (Å²) in [7, 11) is 0. The van der Waals surface area contributed by atoms with Crippen molar-refractivity contribution in [1.29, 1.82) is 0 Å². The number of amides is 9. The van der Waals surface area contributed by atoms with Crippen LogP contribution < -0.4 is 65.1 Å². The van der Waals surface area contributed by atoms with Crippen molar-refractivity contribution in [3.05, 3.63) is 95.6 Å². The summed E-state index contributed by atoms with van der Waals surface area (Å²) in [5.74, 6) is -10.3. The van der Waals surface area contributed by atoms with E-state index in [1.807, 2.05) is 0 Å². The Morgan fingerprint density at radius 1 is 0.500 bits per heavy atom. The number of hydrogen-bond donors (Lipinski definition) is 16. The molecule has 1 aliphatic heterocycles. The Balaban J connectivity index is 1.80. The van der Waals surface area contributed by atoms with Crippen molar-refractivity contribution in [2.24, 2.45) is 22.2 Å². The molecule has 18 N–H and O–H groups in total. The number of thiol groups is 1. The fourth-order valence-electron chi connectivity index (χ4n) is 7.91. The Hall–Kier alpha value is -8.46. The highest BCUT2D eigenvalue weighted by atomic mass is 32.1. The maximum atomic E-state index is 14.6. The summed E-state index contributed by atoms with van der Waals surface area (Å²) >= 11 is 4.32. The molecule has 78 heavy (non-hydrogen) atoms. The number of carbonyl (C=O) groups is 10. The molecule has 0 radical (unpaired) electrons. The lowest BCUT2D eigenvalue weighted by molar-refractivity contribution is -0.138. The second kappa shape index (κ2) is 32.2. The van der Waals surface area contributed by atoms with Crippen LogP contribution in [0.1, 0.15) is 61.6 Å². The van der Waals surface area contributed by atoms with Crippen molar-refractivity contribution >= 4 is 77.7 Å². The lowest BCUT2D eigenvalue weighted by atomic mass is 10.0. The van der Waals surface area contributed by atoms with Crippen molar-refractivity contribution in [2.75, 3.05) is 31.9 Å². The molecule has 0 aromatic heterocycles. The number of guanidine groups is 1. The van der Waals surface area contributed by atoms with Gasteiger partial charge in [0.05, 0.1) is 13.1 Å². The Morgan fingerprint density at radius 2 is 0.885 bits per heavy atom. The third kappa shape index (κ3) is 22.0. The molecule has 26 nitrogen and oxygen atoms in total. The van der Waals surface area contributed by atoms with Crippen LogP contribution in [0.25, 0.3) is 0 Å². The second-order valence-corrected chi connectivity index (χ2v) is 18.6. The van der Waals surface area contributed by atoms with Gasteiger partial charge in [0.25, 0.3) is 0 Å². The molecular formula is C51H69N13O13S. The van der Waals surface area contributed by atoms with Gasteiger partial charge in [0.15, 0.2) is 5.96 Å². The van der Waals surface area contributed by atoms with Crippen LogP contribution in [0, 0.1) is 0 Å². The first-order valence-corrected chi connectivity index (χ1v) is 25.7. The first kappa shape index (κ1) is 62.1. The van der Waals surface area contributed by atoms with E-state index >= 15 is 0 Å². The largest absolute Gasteiger partial charge is 0.508 e. The van der Waals surface area contributed by atoms with Crippen LogP contribution in [0.3, 0.4) is 0 Å². The maximum absolute atomic E-state index is 14.6. The van der Waals surface area contributed by atoms with Crippen molar-refractivity contribution in [3.63, 3.8) is 0 Å². The number of aliphatic imine (C=N–C) groups is 1. The van der Waals surface area contributed by atoms with Crippen molar-refractivity contribution in [1.82, 2.24) is 47.9 Å². The molecule has 1 heterocycles. The van der Waals surface area contributed by atoms with Gasteiger partial charge in [0.1, 0.15) is 53.8 Å². The van der Waals surface area contributed by atoms with Crippen molar-refractivity contribution in [2.45, 2.75) is 107 Å². The number of unbranched alkanes of at least 4 members (excludes halogenated alkanes) is 1. The average Bonchev–Trinajstić information content (AvgIpc) is 3.40. The predicted octanol–water partition coefficient (Wildman–Crippen LogP) is -3.26. The Labute approximate surface area is 455 Å². The van der Waals surface area contributed by atoms with Gasteiger partial charge in [-0.1, -0.05) is 54.6 Å². The number of nitrogens with zero attached hydrogens (tertiary/aromatic N) is 1. The summed E-state index contributed by atoms with van der Waals surface area (Å²) in [6, 6.07) is 9.67. The number of phenolic OH excluding ortho intramolecular Hbond substituents is 2. The lowest BCUT2D eigenvalue weighted by Crippen LogP contribution is -2.61. The summed E-state index contributed by atoms with van der Waals surface area (Å²) < 4.78 is 0. The fourth-order valence-corrected chi connectivity index (χ4v) is 8.17. The third-order valence-corrected chi connectivity index (χ3v) is 12.4. The van der Waals surface area contributed by atoms with Gasteiger partial charge in [-0.2, -0.15) is 12.6 Å². The van der Waals surface area contributed by atoms with E-state index in [2.05, 4.69) is 65.5 Å². The minimum Gasteiger partial charge on any atom is -0.508 e. The van der Waals surface area contributed by atoms with E-state index in [9.17, 15) is 63.3 Å². The molecular weight excluding hydrogens is 1030 g/mol. The highest BCUT2D eigenvalue weighted by Crippen LogP contribution is 2.15. The molecule has 1 saturated heterocycles. The fraction of sp³-hybridized carbons (Fsp3) is 0.431. The molecule has 1 fully saturated rings. The molecule has 9 amide bonds. The number of carboxylic acids is 1. The summed E-state index contributed by atoms with van der Waals surface area (Å²) in [5, 5.41) is 52.3. The topological polar surface area (TPSA) is 430 Å². The van der Waals surface area contributed by atoms with E-state index in [0.717, 1.165) is 0 Å². The monoisotopic (exact) mass is 1100 g/mol. The molecule has 0 saturated carbocycles. The highest BCUT2D eigenvalue weighted by Gasteiger charge is 2.34. The first-order chi connectivity index (χ1) is 37.2. The molecule has 4 rings (SSSR count). The highest BCUT2D eigenvalue weighted by molar-refractivity contribution is 7.80. The SMILES string of the molecule is NCCCC[C@@H]1NC(=O)[C@H](CCCN=C(N)N)NC(=O)CNC(=O)[C@H](CCC(=O)O)NC(=O)CNC(=O)[C@H](Cc2ccccc2)NC(=O)[C@H](Cc2ccc(O)cc2)NC(=O)[C@H](Cc2ccc(O)cc2)NC(=O)[C@H](CS)NC1=O. The molecule has 1 aliphatic rings. The van der Waals surface area contributed by atoms with Gasteiger partial charge in [-0.25, -0.2) is 0 Å². The quantitative estimate of drug-likeness (QED) is 0.0257. The molecule has 422 valence electrons. The zero-order valence-corrected chi connectivity index (χ0v) is 43.6. The number of aromatic hydroxyl groups is 2. The predicted molar refractivity (Wildman–Crippen MR) is 287 cm³/mol.